The van der Waals surface area contributed by atoms with Crippen molar-refractivity contribution in [3.63, 3.8) is 0 Å². The molecule has 458 valence electrons. The zero-order chi connectivity index (χ0) is 58.3. The predicted octanol–water partition coefficient (Wildman–Crippen LogP) is 19.9. The first-order chi connectivity index (χ1) is 39.1. The molecule has 0 amide bonds. The number of esters is 2. The van der Waals surface area contributed by atoms with E-state index in [2.05, 4.69) is 123 Å². The number of likely N-dealkylation sites (N-methyl/N-ethyl adjacent to an activating group) is 1. The second-order valence-corrected chi connectivity index (χ2v) is 22.7. The van der Waals surface area contributed by atoms with Gasteiger partial charge in [-0.3, -0.25) is 9.59 Å². The fourth-order valence-corrected chi connectivity index (χ4v) is 8.83. The van der Waals surface area contributed by atoms with E-state index in [4.69, 9.17) is 18.9 Å². The van der Waals surface area contributed by atoms with Crippen molar-refractivity contribution in [1.29, 1.82) is 0 Å². The summed E-state index contributed by atoms with van der Waals surface area (Å²) in [6, 6.07) is 0. The molecular weight excluding hydrogens is 995 g/mol. The van der Waals surface area contributed by atoms with Crippen LogP contribution in [-0.4, -0.2) is 87.4 Å². The molecule has 0 aliphatic rings. The quantitative estimate of drug-likeness (QED) is 0.0211. The van der Waals surface area contributed by atoms with Crippen LogP contribution in [0.2, 0.25) is 0 Å². The molecule has 0 aliphatic heterocycles. The maximum absolute atomic E-state index is 12.9. The van der Waals surface area contributed by atoms with Crippen LogP contribution in [0.5, 0.6) is 0 Å². The monoisotopic (exact) mass is 1120 g/mol. The van der Waals surface area contributed by atoms with Gasteiger partial charge in [-0.2, -0.15) is 0 Å². The number of aliphatic carboxylic acids is 1. The summed E-state index contributed by atoms with van der Waals surface area (Å²) in [6.45, 7) is 4.77. The Hall–Kier alpha value is -4.05. The van der Waals surface area contributed by atoms with Gasteiger partial charge in [0.2, 0.25) is 0 Å². The molecule has 0 radical (unpaired) electrons. The van der Waals surface area contributed by atoms with Crippen LogP contribution >= 0.6 is 0 Å². The minimum absolute atomic E-state index is 0.183. The van der Waals surface area contributed by atoms with E-state index in [1.807, 2.05) is 21.1 Å². The van der Waals surface area contributed by atoms with Crippen molar-refractivity contribution < 1.29 is 42.9 Å². The summed E-state index contributed by atoms with van der Waals surface area (Å²) in [5.74, 6) is -2.01. The van der Waals surface area contributed by atoms with Crippen molar-refractivity contribution in [3.05, 3.63) is 109 Å². The number of hydrogen-bond donors (Lipinski definition) is 1. The second-order valence-electron chi connectivity index (χ2n) is 22.7. The van der Waals surface area contributed by atoms with Gasteiger partial charge in [-0.25, -0.2) is 4.79 Å². The molecule has 0 aromatic heterocycles. The number of carbonyl (C=O) groups is 3. The van der Waals surface area contributed by atoms with Crippen LogP contribution < -0.4 is 0 Å². The van der Waals surface area contributed by atoms with Gasteiger partial charge in [0.05, 0.1) is 34.4 Å². The normalized spacial score (nSPS) is 13.5. The average molecular weight is 1120 g/mol. The lowest BCUT2D eigenvalue weighted by Gasteiger charge is -2.25. The molecule has 0 rings (SSSR count). The van der Waals surface area contributed by atoms with Crippen LogP contribution in [0, 0.1) is 0 Å². The molecule has 2 atom stereocenters. The molecule has 1 N–H and O–H groups in total. The highest BCUT2D eigenvalue weighted by Gasteiger charge is 2.25. The summed E-state index contributed by atoms with van der Waals surface area (Å²) >= 11 is 0. The Bertz CT molecular complexity index is 1680. The molecule has 0 aromatic rings. The molecule has 0 saturated heterocycles. The van der Waals surface area contributed by atoms with E-state index >= 15 is 0 Å². The zero-order valence-corrected chi connectivity index (χ0v) is 52.2. The predicted molar refractivity (Wildman–Crippen MR) is 341 cm³/mol. The van der Waals surface area contributed by atoms with Crippen molar-refractivity contribution in [2.75, 3.05) is 47.5 Å². The number of carbonyl (C=O) groups excluding carboxylic acids is 2. The largest absolute Gasteiger partial charge is 0.477 e. The molecule has 0 aliphatic carbocycles. The number of nitrogens with zero attached hydrogens (tertiary/aromatic N) is 1. The van der Waals surface area contributed by atoms with Gasteiger partial charge in [0.15, 0.2) is 6.10 Å². The fourth-order valence-electron chi connectivity index (χ4n) is 8.83. The van der Waals surface area contributed by atoms with Crippen LogP contribution in [0.3, 0.4) is 0 Å². The Morgan fingerprint density at radius 1 is 0.388 bits per heavy atom. The Morgan fingerprint density at radius 2 is 0.713 bits per heavy atom. The maximum Gasteiger partial charge on any atom is 0.361 e. The van der Waals surface area contributed by atoms with Gasteiger partial charge in [0, 0.05) is 12.8 Å². The third kappa shape index (κ3) is 61.6. The fraction of sp³-hybridized carbons (Fsp3) is 0.704. The van der Waals surface area contributed by atoms with Crippen LogP contribution in [0.4, 0.5) is 0 Å². The molecule has 9 heteroatoms. The SMILES string of the molecule is CC/C=C\C/C=C\C/C=C\C/C=C\C/C=C\C/C=C\C/C=C\C/C=C\C/C=C\CCCCCCCCCCCC(=O)OC(COC(=O)CCCCCCCCCCCCCCCCCCCC)COC(OCC[N+](C)(C)C)C(=O)O. The smallest absolute Gasteiger partial charge is 0.361 e. The van der Waals surface area contributed by atoms with Gasteiger partial charge in [0.25, 0.3) is 6.29 Å². The molecule has 0 saturated carbocycles. The number of carboxylic acids is 1. The highest BCUT2D eigenvalue weighted by atomic mass is 16.7. The second kappa shape index (κ2) is 61.0. The molecule has 0 aromatic carbocycles. The van der Waals surface area contributed by atoms with Gasteiger partial charge < -0.3 is 28.5 Å². The topological polar surface area (TPSA) is 108 Å². The van der Waals surface area contributed by atoms with E-state index in [9.17, 15) is 19.5 Å². The molecular formula is C71H122NO8+. The minimum atomic E-state index is -1.52. The lowest BCUT2D eigenvalue weighted by atomic mass is 10.0. The van der Waals surface area contributed by atoms with E-state index in [-0.39, 0.29) is 32.2 Å². The number of hydrogen-bond acceptors (Lipinski definition) is 7. The maximum atomic E-state index is 12.9. The summed E-state index contributed by atoms with van der Waals surface area (Å²) in [6.07, 6.45) is 81.8. The standard InChI is InChI=1S/C71H121NO8/c1-6-8-10-12-14-16-18-20-22-24-26-27-28-29-30-31-32-33-34-35-36-37-38-39-40-41-42-43-44-46-48-50-52-54-56-58-60-62-69(74)80-67(66-79-71(70(75)76)77-64-63-72(3,4)5)65-78-68(73)61-59-57-55-53-51-49-47-45-25-23-21-19-17-15-13-11-9-7-2/h8,10,14,16,20,22,26-27,29-30,32-33,35-36,38-39,41-42,67,71H,6-7,9,11-13,15,17-19,21,23-25,28,31,34,37,40,43-66H2,1-5H3/p+1/b10-8-,16-14-,22-20-,27-26-,30-29-,33-32-,36-35-,39-38-,42-41-. The Morgan fingerprint density at radius 3 is 1.06 bits per heavy atom. The number of quaternary nitrogens is 1. The lowest BCUT2D eigenvalue weighted by molar-refractivity contribution is -0.870. The van der Waals surface area contributed by atoms with Crippen LogP contribution in [0.15, 0.2) is 109 Å². The van der Waals surface area contributed by atoms with E-state index in [1.54, 1.807) is 0 Å². The van der Waals surface area contributed by atoms with Crippen LogP contribution in [0.1, 0.15) is 264 Å². The summed E-state index contributed by atoms with van der Waals surface area (Å²) < 4.78 is 22.9. The summed E-state index contributed by atoms with van der Waals surface area (Å²) in [5, 5.41) is 9.72. The molecule has 9 nitrogen and oxygen atoms in total. The first-order valence-electron chi connectivity index (χ1n) is 32.6. The Balaban J connectivity index is 4.18. The summed E-state index contributed by atoms with van der Waals surface area (Å²) in [5.41, 5.74) is 0. The van der Waals surface area contributed by atoms with Gasteiger partial charge >= 0.3 is 17.9 Å². The molecule has 2 unspecified atom stereocenters. The van der Waals surface area contributed by atoms with E-state index in [0.29, 0.717) is 23.9 Å². The molecule has 0 fully saturated rings. The molecule has 80 heavy (non-hydrogen) atoms. The van der Waals surface area contributed by atoms with Gasteiger partial charge in [-0.1, -0.05) is 277 Å². The van der Waals surface area contributed by atoms with Crippen molar-refractivity contribution in [3.8, 4) is 0 Å². The minimum Gasteiger partial charge on any atom is -0.477 e. The van der Waals surface area contributed by atoms with Crippen molar-refractivity contribution in [1.82, 2.24) is 0 Å². The van der Waals surface area contributed by atoms with Crippen molar-refractivity contribution >= 4 is 17.9 Å². The number of rotatable bonds is 59. The Labute approximate surface area is 492 Å². The van der Waals surface area contributed by atoms with Gasteiger partial charge in [-0.05, 0) is 83.5 Å². The van der Waals surface area contributed by atoms with E-state index in [0.717, 1.165) is 103 Å². The molecule has 0 heterocycles. The van der Waals surface area contributed by atoms with Crippen LogP contribution in [0.25, 0.3) is 0 Å². The highest BCUT2D eigenvalue weighted by Crippen LogP contribution is 2.17. The lowest BCUT2D eigenvalue weighted by Crippen LogP contribution is -2.40. The molecule has 0 bridgehead atoms. The van der Waals surface area contributed by atoms with Gasteiger partial charge in [-0.15, -0.1) is 0 Å². The number of ether oxygens (including phenoxy) is 4. The van der Waals surface area contributed by atoms with Gasteiger partial charge in [0.1, 0.15) is 13.2 Å². The average Bonchev–Trinajstić information content (AvgIpc) is 3.43. The summed E-state index contributed by atoms with van der Waals surface area (Å²) in [4.78, 5) is 37.5. The zero-order valence-electron chi connectivity index (χ0n) is 52.2. The van der Waals surface area contributed by atoms with Crippen molar-refractivity contribution in [2.24, 2.45) is 0 Å². The molecule has 0 spiro atoms. The number of allylic oxidation sites excluding steroid dienone is 18. The summed E-state index contributed by atoms with van der Waals surface area (Å²) in [7, 11) is 5.97. The third-order valence-electron chi connectivity index (χ3n) is 13.8. The highest BCUT2D eigenvalue weighted by molar-refractivity contribution is 5.71. The first kappa shape index (κ1) is 76.0. The van der Waals surface area contributed by atoms with Crippen molar-refractivity contribution in [2.45, 2.75) is 277 Å². The number of carboxylic acid groups (broad SMARTS) is 1. The third-order valence-corrected chi connectivity index (χ3v) is 13.8. The Kier molecular flexibility index (Phi) is 57.9. The van der Waals surface area contributed by atoms with Crippen LogP contribution in [-0.2, 0) is 33.3 Å². The van der Waals surface area contributed by atoms with E-state index in [1.165, 1.54) is 128 Å². The van der Waals surface area contributed by atoms with E-state index < -0.39 is 24.3 Å². The number of unbranched alkanes of at least 4 members (excludes halogenated alkanes) is 26. The first-order valence-corrected chi connectivity index (χ1v) is 32.6.